The van der Waals surface area contributed by atoms with E-state index in [0.717, 1.165) is 45.9 Å². The Bertz CT molecular complexity index is 2170. The Hall–Kier alpha value is -4.81. The number of hydrogen-bond acceptors (Lipinski definition) is 6. The van der Waals surface area contributed by atoms with Gasteiger partial charge in [0.15, 0.2) is 12.3 Å². The number of allylic oxidation sites excluding steroid dienone is 5. The zero-order valence-electron chi connectivity index (χ0n) is 28.3. The fourth-order valence-electron chi connectivity index (χ4n) is 5.86. The Morgan fingerprint density at radius 1 is 0.760 bits per heavy atom. The van der Waals surface area contributed by atoms with Crippen molar-refractivity contribution in [1.82, 2.24) is 0 Å². The van der Waals surface area contributed by atoms with E-state index in [1.54, 1.807) is 18.2 Å². The summed E-state index contributed by atoms with van der Waals surface area (Å²) >= 11 is 0. The summed E-state index contributed by atoms with van der Waals surface area (Å²) in [6.07, 6.45) is 10.2. The summed E-state index contributed by atoms with van der Waals surface area (Å²) in [5.74, 6) is 0. The zero-order valence-corrected chi connectivity index (χ0v) is 30.0. The molecule has 50 heavy (non-hydrogen) atoms. The molecule has 0 bridgehead atoms. The van der Waals surface area contributed by atoms with Crippen molar-refractivity contribution in [1.29, 1.82) is 0 Å². The van der Waals surface area contributed by atoms with Crippen LogP contribution in [-0.4, -0.2) is 55.9 Å². The van der Waals surface area contributed by atoms with E-state index in [9.17, 15) is 25.9 Å². The van der Waals surface area contributed by atoms with Crippen LogP contribution in [0.5, 0.6) is 0 Å². The Labute approximate surface area is 295 Å². The minimum Gasteiger partial charge on any atom is -0.385 e. The van der Waals surface area contributed by atoms with Gasteiger partial charge in [-0.2, -0.15) is 16.8 Å². The average Bonchev–Trinajstić information content (AvgIpc) is 3.10. The molecule has 0 unspecified atom stereocenters. The standard InChI is InChI=1S/C39H41N3O6S2/c1-4-40-34-17-15-33(16-18-34)38-23-14-32(26-39(38)50(46,47)48)28-42(6-3)36-21-12-30(13-22-36)24-29-10-19-35(20-11-29)41(5-2)27-31-8-7-9-37(25-31)49(43,44)45/h7-26,40H,4-6,27-28H2,1-3H3,(H-,43,44,45,46,47,48)/p+1. The first-order chi connectivity index (χ1) is 23.9. The van der Waals surface area contributed by atoms with Gasteiger partial charge in [-0.15, -0.1) is 0 Å². The molecule has 0 spiro atoms. The summed E-state index contributed by atoms with van der Waals surface area (Å²) in [5.41, 5.74) is 7.63. The van der Waals surface area contributed by atoms with E-state index in [0.29, 0.717) is 37.3 Å². The van der Waals surface area contributed by atoms with Crippen molar-refractivity contribution < 1.29 is 30.5 Å². The monoisotopic (exact) mass is 712 g/mol. The molecule has 0 atom stereocenters. The molecule has 9 nitrogen and oxygen atoms in total. The maximum atomic E-state index is 12.4. The van der Waals surface area contributed by atoms with Gasteiger partial charge in [-0.1, -0.05) is 48.5 Å². The highest BCUT2D eigenvalue weighted by Gasteiger charge is 2.19. The van der Waals surface area contributed by atoms with E-state index < -0.39 is 20.2 Å². The fourth-order valence-corrected chi connectivity index (χ4v) is 7.18. The summed E-state index contributed by atoms with van der Waals surface area (Å²) in [6.45, 7) is 9.19. The fraction of sp³-hybridized carbons (Fsp3) is 0.205. The third-order valence-electron chi connectivity index (χ3n) is 8.46. The molecule has 1 aliphatic rings. The second kappa shape index (κ2) is 15.8. The maximum Gasteiger partial charge on any atom is 0.295 e. The first kappa shape index (κ1) is 36.5. The summed E-state index contributed by atoms with van der Waals surface area (Å²) < 4.78 is 69.7. The van der Waals surface area contributed by atoms with Crippen molar-refractivity contribution >= 4 is 43.4 Å². The minimum atomic E-state index is -4.47. The molecule has 0 aliphatic heterocycles. The van der Waals surface area contributed by atoms with E-state index in [1.165, 1.54) is 12.1 Å². The predicted octanol–water partition coefficient (Wildman–Crippen LogP) is 7.49. The van der Waals surface area contributed by atoms with Gasteiger partial charge in [-0.25, -0.2) is 4.58 Å². The van der Waals surface area contributed by atoms with Crippen molar-refractivity contribution in [2.75, 3.05) is 29.9 Å². The van der Waals surface area contributed by atoms with Gasteiger partial charge in [0.2, 0.25) is 0 Å². The molecule has 0 fully saturated rings. The molecule has 1 aliphatic carbocycles. The molecule has 5 rings (SSSR count). The summed E-state index contributed by atoms with van der Waals surface area (Å²) in [6, 6.07) is 27.1. The molecule has 0 aromatic heterocycles. The maximum absolute atomic E-state index is 12.4. The Morgan fingerprint density at radius 3 is 2.06 bits per heavy atom. The highest BCUT2D eigenvalue weighted by molar-refractivity contribution is 7.86. The molecule has 0 radical (unpaired) electrons. The molecule has 0 heterocycles. The van der Waals surface area contributed by atoms with Gasteiger partial charge in [-0.3, -0.25) is 9.11 Å². The van der Waals surface area contributed by atoms with Crippen LogP contribution in [0.25, 0.3) is 17.2 Å². The van der Waals surface area contributed by atoms with Crippen LogP contribution in [0.2, 0.25) is 0 Å². The quantitative estimate of drug-likeness (QED) is 0.0962. The number of rotatable bonds is 13. The molecule has 11 heteroatoms. The molecule has 0 amide bonds. The van der Waals surface area contributed by atoms with Crippen LogP contribution in [0.1, 0.15) is 37.5 Å². The molecule has 4 aromatic carbocycles. The third-order valence-corrected chi connectivity index (χ3v) is 10.2. The molecule has 0 saturated carbocycles. The SMILES string of the molecule is CCNc1ccc(-c2ccc(CN(CC)c3ccc(C=C4C=CC(=[N+](CC)Cc5cccc(S(=O)(=O)O)c5)C=C4)cc3)cc2S(=O)(=O)O)cc1. The van der Waals surface area contributed by atoms with Crippen LogP contribution in [0, 0.1) is 0 Å². The second-order valence-electron chi connectivity index (χ2n) is 11.9. The van der Waals surface area contributed by atoms with Gasteiger partial charge in [0.25, 0.3) is 20.2 Å². The van der Waals surface area contributed by atoms with Gasteiger partial charge in [0.05, 0.1) is 4.90 Å². The van der Waals surface area contributed by atoms with Crippen LogP contribution < -0.4 is 10.2 Å². The Morgan fingerprint density at radius 2 is 1.46 bits per heavy atom. The molecule has 3 N–H and O–H groups in total. The van der Waals surface area contributed by atoms with Gasteiger partial charge in [0.1, 0.15) is 11.4 Å². The first-order valence-electron chi connectivity index (χ1n) is 16.4. The van der Waals surface area contributed by atoms with Crippen molar-refractivity contribution in [2.45, 2.75) is 43.7 Å². The Kier molecular flexibility index (Phi) is 11.5. The van der Waals surface area contributed by atoms with Crippen molar-refractivity contribution in [3.8, 4) is 11.1 Å². The molecular formula is C39H42N3O6S2+. The normalized spacial score (nSPS) is 13.0. The summed E-state index contributed by atoms with van der Waals surface area (Å²) in [4.78, 5) is 1.90. The number of benzene rings is 4. The lowest BCUT2D eigenvalue weighted by molar-refractivity contribution is -0.539. The number of nitrogens with zero attached hydrogens (tertiary/aromatic N) is 2. The van der Waals surface area contributed by atoms with E-state index >= 15 is 0 Å². The van der Waals surface area contributed by atoms with Crippen molar-refractivity contribution in [3.05, 3.63) is 138 Å². The average molecular weight is 713 g/mol. The Balaban J connectivity index is 1.29. The van der Waals surface area contributed by atoms with Gasteiger partial charge < -0.3 is 10.2 Å². The largest absolute Gasteiger partial charge is 0.385 e. The lowest BCUT2D eigenvalue weighted by Gasteiger charge is -2.24. The van der Waals surface area contributed by atoms with Crippen LogP contribution >= 0.6 is 0 Å². The summed E-state index contributed by atoms with van der Waals surface area (Å²) in [5, 5.41) is 3.22. The molecular weight excluding hydrogens is 671 g/mol. The lowest BCUT2D eigenvalue weighted by atomic mass is 10.0. The van der Waals surface area contributed by atoms with E-state index in [1.807, 2.05) is 106 Å². The van der Waals surface area contributed by atoms with Crippen molar-refractivity contribution in [2.24, 2.45) is 0 Å². The van der Waals surface area contributed by atoms with Gasteiger partial charge >= 0.3 is 0 Å². The highest BCUT2D eigenvalue weighted by Crippen LogP contribution is 2.30. The topological polar surface area (TPSA) is 127 Å². The van der Waals surface area contributed by atoms with E-state index in [-0.39, 0.29) is 9.79 Å². The predicted molar refractivity (Wildman–Crippen MR) is 201 cm³/mol. The molecule has 4 aromatic rings. The van der Waals surface area contributed by atoms with Crippen LogP contribution in [0.15, 0.2) is 131 Å². The lowest BCUT2D eigenvalue weighted by Crippen LogP contribution is -2.22. The number of anilines is 2. The van der Waals surface area contributed by atoms with Crippen LogP contribution in [0.4, 0.5) is 11.4 Å². The second-order valence-corrected chi connectivity index (χ2v) is 14.7. The minimum absolute atomic E-state index is 0.119. The van der Waals surface area contributed by atoms with Crippen LogP contribution in [-0.2, 0) is 33.3 Å². The van der Waals surface area contributed by atoms with Crippen molar-refractivity contribution in [3.63, 3.8) is 0 Å². The van der Waals surface area contributed by atoms with E-state index in [4.69, 9.17) is 0 Å². The summed E-state index contributed by atoms with van der Waals surface area (Å²) in [7, 11) is -8.73. The smallest absolute Gasteiger partial charge is 0.295 e. The molecule has 0 saturated heterocycles. The van der Waals surface area contributed by atoms with Crippen LogP contribution in [0.3, 0.4) is 0 Å². The third kappa shape index (κ3) is 9.25. The molecule has 260 valence electrons. The number of nitrogens with one attached hydrogen (secondary N) is 1. The first-order valence-corrected chi connectivity index (χ1v) is 19.3. The zero-order chi connectivity index (χ0) is 35.9. The van der Waals surface area contributed by atoms with Gasteiger partial charge in [0, 0.05) is 54.3 Å². The number of hydrogen-bond donors (Lipinski definition) is 3. The van der Waals surface area contributed by atoms with E-state index in [2.05, 4.69) is 20.9 Å². The van der Waals surface area contributed by atoms with Gasteiger partial charge in [-0.05, 0) is 104 Å². The highest BCUT2D eigenvalue weighted by atomic mass is 32.2.